The molecule has 0 heterocycles. The van der Waals surface area contributed by atoms with Crippen LogP contribution in [0.3, 0.4) is 0 Å². The summed E-state index contributed by atoms with van der Waals surface area (Å²) in [4.78, 5) is 4.23. The molecule has 29 heavy (non-hydrogen) atoms. The van der Waals surface area contributed by atoms with Crippen molar-refractivity contribution in [1.29, 1.82) is 0 Å². The minimum absolute atomic E-state index is 0. The van der Waals surface area contributed by atoms with Crippen molar-refractivity contribution in [3.05, 3.63) is 65.2 Å². The standard InChI is InChI=1S/C21H29N3O3S.HI/c1-16-7-5-6-8-20(16)27-17(2)13-23-21(22-3)24-14-18-9-11-19(12-10-18)15-28(4,25)26;/h5-12,17H,13-15H2,1-4H3,(H2,22,23,24);1H. The van der Waals surface area contributed by atoms with Gasteiger partial charge in [-0.15, -0.1) is 24.0 Å². The minimum Gasteiger partial charge on any atom is -0.489 e. The van der Waals surface area contributed by atoms with Crippen molar-refractivity contribution in [1.82, 2.24) is 10.6 Å². The molecule has 0 aliphatic carbocycles. The van der Waals surface area contributed by atoms with Gasteiger partial charge in [0.15, 0.2) is 15.8 Å². The number of rotatable bonds is 8. The van der Waals surface area contributed by atoms with Crippen LogP contribution in [-0.4, -0.2) is 40.3 Å². The zero-order valence-electron chi connectivity index (χ0n) is 17.3. The van der Waals surface area contributed by atoms with Crippen LogP contribution in [0, 0.1) is 6.92 Å². The fraction of sp³-hybridized carbons (Fsp3) is 0.381. The van der Waals surface area contributed by atoms with Crippen molar-refractivity contribution >= 4 is 39.8 Å². The summed E-state index contributed by atoms with van der Waals surface area (Å²) in [5, 5.41) is 6.51. The van der Waals surface area contributed by atoms with Crippen LogP contribution < -0.4 is 15.4 Å². The number of nitrogens with one attached hydrogen (secondary N) is 2. The van der Waals surface area contributed by atoms with Crippen LogP contribution in [-0.2, 0) is 22.1 Å². The Labute approximate surface area is 191 Å². The molecule has 0 saturated heterocycles. The van der Waals surface area contributed by atoms with Gasteiger partial charge in [-0.05, 0) is 36.6 Å². The van der Waals surface area contributed by atoms with Crippen LogP contribution >= 0.6 is 24.0 Å². The maximum absolute atomic E-state index is 11.4. The molecule has 2 aromatic carbocycles. The van der Waals surface area contributed by atoms with E-state index in [1.807, 2.05) is 62.4 Å². The SMILES string of the molecule is CN=C(NCc1ccc(CS(C)(=O)=O)cc1)NCC(C)Oc1ccccc1C.I. The van der Waals surface area contributed by atoms with Crippen molar-refractivity contribution in [3.63, 3.8) is 0 Å². The molecular formula is C21H30IN3O3S. The number of aryl methyl sites for hydroxylation is 1. The van der Waals surface area contributed by atoms with Crippen molar-refractivity contribution in [2.75, 3.05) is 19.8 Å². The number of para-hydroxylation sites is 1. The number of aliphatic imine (C=N–C) groups is 1. The molecule has 160 valence electrons. The number of hydrogen-bond acceptors (Lipinski definition) is 4. The maximum atomic E-state index is 11.4. The van der Waals surface area contributed by atoms with Crippen molar-refractivity contribution < 1.29 is 13.2 Å². The molecule has 6 nitrogen and oxygen atoms in total. The van der Waals surface area contributed by atoms with E-state index in [4.69, 9.17) is 4.74 Å². The highest BCUT2D eigenvalue weighted by molar-refractivity contribution is 14.0. The predicted octanol–water partition coefficient (Wildman–Crippen LogP) is 3.29. The second-order valence-electron chi connectivity index (χ2n) is 6.89. The number of benzene rings is 2. The van der Waals surface area contributed by atoms with E-state index >= 15 is 0 Å². The van der Waals surface area contributed by atoms with Crippen LogP contribution in [0.5, 0.6) is 5.75 Å². The van der Waals surface area contributed by atoms with Gasteiger partial charge in [0.05, 0.1) is 12.3 Å². The molecule has 0 aliphatic rings. The average Bonchev–Trinajstić information content (AvgIpc) is 2.64. The number of halogens is 1. The first-order valence-corrected chi connectivity index (χ1v) is 11.2. The van der Waals surface area contributed by atoms with Gasteiger partial charge in [0, 0.05) is 19.8 Å². The third-order valence-electron chi connectivity index (χ3n) is 4.11. The molecule has 0 aromatic heterocycles. The lowest BCUT2D eigenvalue weighted by Gasteiger charge is -2.19. The summed E-state index contributed by atoms with van der Waals surface area (Å²) in [5.74, 6) is 1.62. The summed E-state index contributed by atoms with van der Waals surface area (Å²) in [7, 11) is -1.30. The van der Waals surface area contributed by atoms with Gasteiger partial charge in [0.2, 0.25) is 0 Å². The summed E-state index contributed by atoms with van der Waals surface area (Å²) >= 11 is 0. The Hall–Kier alpha value is -1.81. The molecule has 2 N–H and O–H groups in total. The van der Waals surface area contributed by atoms with Crippen molar-refractivity contribution in [2.45, 2.75) is 32.2 Å². The van der Waals surface area contributed by atoms with E-state index in [0.29, 0.717) is 19.0 Å². The van der Waals surface area contributed by atoms with E-state index < -0.39 is 9.84 Å². The molecule has 1 unspecified atom stereocenters. The van der Waals surface area contributed by atoms with Gasteiger partial charge >= 0.3 is 0 Å². The lowest BCUT2D eigenvalue weighted by atomic mass is 10.1. The highest BCUT2D eigenvalue weighted by Crippen LogP contribution is 2.17. The molecular weight excluding hydrogens is 501 g/mol. The maximum Gasteiger partial charge on any atom is 0.191 e. The summed E-state index contributed by atoms with van der Waals surface area (Å²) in [6, 6.07) is 15.5. The highest BCUT2D eigenvalue weighted by atomic mass is 127. The normalized spacial score (nSPS) is 12.6. The van der Waals surface area contributed by atoms with E-state index in [1.165, 1.54) is 6.26 Å². The lowest BCUT2D eigenvalue weighted by molar-refractivity contribution is 0.222. The molecule has 0 saturated carbocycles. The largest absolute Gasteiger partial charge is 0.489 e. The Morgan fingerprint density at radius 2 is 1.69 bits per heavy atom. The van der Waals surface area contributed by atoms with Crippen LogP contribution in [0.2, 0.25) is 0 Å². The molecule has 2 rings (SSSR count). The van der Waals surface area contributed by atoms with Crippen molar-refractivity contribution in [3.8, 4) is 5.75 Å². The molecule has 0 amide bonds. The number of guanidine groups is 1. The Morgan fingerprint density at radius 1 is 1.07 bits per heavy atom. The molecule has 0 radical (unpaired) electrons. The highest BCUT2D eigenvalue weighted by Gasteiger charge is 2.08. The molecule has 0 spiro atoms. The topological polar surface area (TPSA) is 79.8 Å². The summed E-state index contributed by atoms with van der Waals surface area (Å²) in [6.45, 7) is 5.23. The fourth-order valence-corrected chi connectivity index (χ4v) is 3.45. The summed E-state index contributed by atoms with van der Waals surface area (Å²) in [5.41, 5.74) is 2.94. The van der Waals surface area contributed by atoms with E-state index in [2.05, 4.69) is 15.6 Å². The first-order valence-electron chi connectivity index (χ1n) is 9.19. The molecule has 8 heteroatoms. The fourth-order valence-electron chi connectivity index (χ4n) is 2.65. The van der Waals surface area contributed by atoms with Gasteiger partial charge in [0.1, 0.15) is 11.9 Å². The quantitative estimate of drug-likeness (QED) is 0.311. The van der Waals surface area contributed by atoms with E-state index in [9.17, 15) is 8.42 Å². The van der Waals surface area contributed by atoms with E-state index in [0.717, 1.165) is 22.4 Å². The molecule has 0 bridgehead atoms. The van der Waals surface area contributed by atoms with Crippen molar-refractivity contribution in [2.24, 2.45) is 4.99 Å². The summed E-state index contributed by atoms with van der Waals surface area (Å²) in [6.07, 6.45) is 1.22. The van der Waals surface area contributed by atoms with Crippen LogP contribution in [0.1, 0.15) is 23.6 Å². The minimum atomic E-state index is -3.02. The van der Waals surface area contributed by atoms with Crippen LogP contribution in [0.25, 0.3) is 0 Å². The molecule has 0 aliphatic heterocycles. The molecule has 2 aromatic rings. The van der Waals surface area contributed by atoms with Gasteiger partial charge in [-0.2, -0.15) is 0 Å². The smallest absolute Gasteiger partial charge is 0.191 e. The first kappa shape index (κ1) is 25.2. The van der Waals surface area contributed by atoms with E-state index in [-0.39, 0.29) is 35.8 Å². The Kier molecular flexibility index (Phi) is 10.5. The first-order chi connectivity index (χ1) is 13.3. The van der Waals surface area contributed by atoms with Gasteiger partial charge < -0.3 is 15.4 Å². The van der Waals surface area contributed by atoms with Gasteiger partial charge in [0.25, 0.3) is 0 Å². The van der Waals surface area contributed by atoms with Gasteiger partial charge in [-0.1, -0.05) is 42.5 Å². The Bertz CT molecular complexity index is 900. The second-order valence-corrected chi connectivity index (χ2v) is 9.03. The number of sulfone groups is 1. The monoisotopic (exact) mass is 531 g/mol. The number of hydrogen-bond donors (Lipinski definition) is 2. The molecule has 1 atom stereocenters. The zero-order valence-corrected chi connectivity index (χ0v) is 20.5. The Morgan fingerprint density at radius 3 is 2.28 bits per heavy atom. The third-order valence-corrected chi connectivity index (χ3v) is 4.97. The van der Waals surface area contributed by atoms with E-state index in [1.54, 1.807) is 7.05 Å². The molecule has 0 fully saturated rings. The number of nitrogens with zero attached hydrogens (tertiary/aromatic N) is 1. The Balaban J connectivity index is 0.00000420. The second kappa shape index (κ2) is 12.0. The average molecular weight is 531 g/mol. The summed E-state index contributed by atoms with van der Waals surface area (Å²) < 4.78 is 28.7. The van der Waals surface area contributed by atoms with Gasteiger partial charge in [-0.25, -0.2) is 8.42 Å². The zero-order chi connectivity index (χ0) is 20.6. The van der Waals surface area contributed by atoms with Gasteiger partial charge in [-0.3, -0.25) is 4.99 Å². The predicted molar refractivity (Wildman–Crippen MR) is 130 cm³/mol. The van der Waals surface area contributed by atoms with Crippen LogP contribution in [0.4, 0.5) is 0 Å². The number of ether oxygens (including phenoxy) is 1. The van der Waals surface area contributed by atoms with Crippen LogP contribution in [0.15, 0.2) is 53.5 Å². The third kappa shape index (κ3) is 9.49. The lowest BCUT2D eigenvalue weighted by Crippen LogP contribution is -2.41.